The van der Waals surface area contributed by atoms with Crippen LogP contribution in [0.2, 0.25) is 0 Å². The molecule has 1 N–H and O–H groups in total. The van der Waals surface area contributed by atoms with Crippen LogP contribution in [0.25, 0.3) is 0 Å². The van der Waals surface area contributed by atoms with Gasteiger partial charge >= 0.3 is 0 Å². The highest BCUT2D eigenvalue weighted by molar-refractivity contribution is 7.09. The molecule has 3 nitrogen and oxygen atoms in total. The van der Waals surface area contributed by atoms with E-state index in [1.807, 2.05) is 6.20 Å². The average Bonchev–Trinajstić information content (AvgIpc) is 2.88. The SMILES string of the molecule is CC1CNC2(CCCCC2)CN1Cc1nccs1. The molecule has 2 aliphatic rings. The van der Waals surface area contributed by atoms with Gasteiger partial charge in [0.15, 0.2) is 0 Å². The third-order valence-electron chi connectivity index (χ3n) is 4.53. The monoisotopic (exact) mass is 265 g/mol. The number of hydrogen-bond donors (Lipinski definition) is 1. The van der Waals surface area contributed by atoms with Crippen LogP contribution in [0.4, 0.5) is 0 Å². The molecule has 100 valence electrons. The highest BCUT2D eigenvalue weighted by Gasteiger charge is 2.38. The number of piperazine rings is 1. The van der Waals surface area contributed by atoms with Crippen LogP contribution in [0.3, 0.4) is 0 Å². The standard InChI is InChI=1S/C14H23N3S/c1-12-9-16-14(5-3-2-4-6-14)11-17(12)10-13-15-7-8-18-13/h7-8,12,16H,2-6,9-11H2,1H3. The Morgan fingerprint density at radius 1 is 1.44 bits per heavy atom. The number of rotatable bonds is 2. The van der Waals surface area contributed by atoms with Crippen molar-refractivity contribution in [3.63, 3.8) is 0 Å². The Balaban J connectivity index is 1.68. The van der Waals surface area contributed by atoms with Gasteiger partial charge in [0.25, 0.3) is 0 Å². The summed E-state index contributed by atoms with van der Waals surface area (Å²) in [5.74, 6) is 0. The van der Waals surface area contributed by atoms with Crippen molar-refractivity contribution in [2.24, 2.45) is 0 Å². The van der Waals surface area contributed by atoms with Crippen LogP contribution in [0.1, 0.15) is 44.0 Å². The fourth-order valence-electron chi connectivity index (χ4n) is 3.37. The van der Waals surface area contributed by atoms with Gasteiger partial charge in [-0.1, -0.05) is 19.3 Å². The molecule has 1 saturated carbocycles. The number of aromatic nitrogens is 1. The smallest absolute Gasteiger partial charge is 0.107 e. The van der Waals surface area contributed by atoms with Gasteiger partial charge in [0.1, 0.15) is 5.01 Å². The van der Waals surface area contributed by atoms with Crippen LogP contribution >= 0.6 is 11.3 Å². The van der Waals surface area contributed by atoms with Crippen molar-refractivity contribution in [2.45, 2.75) is 57.2 Å². The van der Waals surface area contributed by atoms with E-state index in [9.17, 15) is 0 Å². The van der Waals surface area contributed by atoms with Gasteiger partial charge in [0.05, 0.1) is 6.54 Å². The maximum Gasteiger partial charge on any atom is 0.107 e. The third-order valence-corrected chi connectivity index (χ3v) is 5.30. The first-order valence-corrected chi connectivity index (χ1v) is 8.03. The van der Waals surface area contributed by atoms with Crippen molar-refractivity contribution in [2.75, 3.05) is 13.1 Å². The molecule has 1 spiro atoms. The predicted octanol–water partition coefficient (Wildman–Crippen LogP) is 2.64. The minimum atomic E-state index is 0.405. The van der Waals surface area contributed by atoms with E-state index in [-0.39, 0.29) is 0 Å². The van der Waals surface area contributed by atoms with Crippen molar-refractivity contribution < 1.29 is 0 Å². The lowest BCUT2D eigenvalue weighted by Crippen LogP contribution is -2.63. The van der Waals surface area contributed by atoms with Gasteiger partial charge in [0, 0.05) is 36.2 Å². The summed E-state index contributed by atoms with van der Waals surface area (Å²) in [6, 6.07) is 0.626. The van der Waals surface area contributed by atoms with E-state index >= 15 is 0 Å². The normalized spacial score (nSPS) is 28.6. The Labute approximate surface area is 114 Å². The van der Waals surface area contributed by atoms with Crippen LogP contribution in [-0.2, 0) is 6.54 Å². The molecule has 0 bridgehead atoms. The molecule has 1 aliphatic heterocycles. The summed E-state index contributed by atoms with van der Waals surface area (Å²) in [4.78, 5) is 7.06. The van der Waals surface area contributed by atoms with Gasteiger partial charge in [-0.3, -0.25) is 4.90 Å². The molecule has 1 aromatic rings. The van der Waals surface area contributed by atoms with Crippen LogP contribution in [0.5, 0.6) is 0 Å². The highest BCUT2D eigenvalue weighted by atomic mass is 32.1. The first-order chi connectivity index (χ1) is 8.77. The van der Waals surface area contributed by atoms with Crippen LogP contribution in [-0.4, -0.2) is 34.6 Å². The molecule has 0 radical (unpaired) electrons. The van der Waals surface area contributed by atoms with E-state index in [0.29, 0.717) is 11.6 Å². The maximum atomic E-state index is 4.43. The summed E-state index contributed by atoms with van der Waals surface area (Å²) >= 11 is 1.78. The van der Waals surface area contributed by atoms with E-state index in [1.165, 1.54) is 43.7 Å². The molecule has 2 heterocycles. The van der Waals surface area contributed by atoms with E-state index < -0.39 is 0 Å². The summed E-state index contributed by atoms with van der Waals surface area (Å²) in [5.41, 5.74) is 0.405. The minimum absolute atomic E-state index is 0.405. The third kappa shape index (κ3) is 2.60. The average molecular weight is 265 g/mol. The Morgan fingerprint density at radius 2 is 2.28 bits per heavy atom. The molecular weight excluding hydrogens is 242 g/mol. The molecular formula is C14H23N3S. The Morgan fingerprint density at radius 3 is 3.00 bits per heavy atom. The number of nitrogens with zero attached hydrogens (tertiary/aromatic N) is 2. The van der Waals surface area contributed by atoms with Crippen LogP contribution in [0, 0.1) is 0 Å². The largest absolute Gasteiger partial charge is 0.308 e. The van der Waals surface area contributed by atoms with E-state index in [0.717, 1.165) is 13.1 Å². The quantitative estimate of drug-likeness (QED) is 0.891. The van der Waals surface area contributed by atoms with Gasteiger partial charge in [-0.15, -0.1) is 11.3 Å². The summed E-state index contributed by atoms with van der Waals surface area (Å²) in [6.07, 6.45) is 8.84. The number of nitrogens with one attached hydrogen (secondary N) is 1. The van der Waals surface area contributed by atoms with Crippen molar-refractivity contribution in [3.8, 4) is 0 Å². The molecule has 1 aliphatic carbocycles. The molecule has 1 saturated heterocycles. The lowest BCUT2D eigenvalue weighted by molar-refractivity contribution is 0.0572. The van der Waals surface area contributed by atoms with E-state index in [1.54, 1.807) is 11.3 Å². The summed E-state index contributed by atoms with van der Waals surface area (Å²) in [7, 11) is 0. The maximum absolute atomic E-state index is 4.43. The Kier molecular flexibility index (Phi) is 3.68. The fourth-order valence-corrected chi connectivity index (χ4v) is 4.01. The first kappa shape index (κ1) is 12.6. The van der Waals surface area contributed by atoms with Crippen molar-refractivity contribution in [1.82, 2.24) is 15.2 Å². The van der Waals surface area contributed by atoms with Gasteiger partial charge in [-0.25, -0.2) is 4.98 Å². The van der Waals surface area contributed by atoms with Crippen molar-refractivity contribution in [1.29, 1.82) is 0 Å². The molecule has 0 aromatic carbocycles. The minimum Gasteiger partial charge on any atom is -0.308 e. The zero-order valence-electron chi connectivity index (χ0n) is 11.2. The van der Waals surface area contributed by atoms with E-state index in [2.05, 4.69) is 27.5 Å². The molecule has 1 unspecified atom stereocenters. The van der Waals surface area contributed by atoms with Gasteiger partial charge in [-0.2, -0.15) is 0 Å². The van der Waals surface area contributed by atoms with Crippen LogP contribution < -0.4 is 5.32 Å². The summed E-state index contributed by atoms with van der Waals surface area (Å²) in [5, 5.41) is 7.18. The van der Waals surface area contributed by atoms with E-state index in [4.69, 9.17) is 0 Å². The van der Waals surface area contributed by atoms with Gasteiger partial charge in [0.2, 0.25) is 0 Å². The highest BCUT2D eigenvalue weighted by Crippen LogP contribution is 2.32. The Hall–Kier alpha value is -0.450. The molecule has 2 fully saturated rings. The second-order valence-electron chi connectivity index (χ2n) is 5.90. The fraction of sp³-hybridized carbons (Fsp3) is 0.786. The summed E-state index contributed by atoms with van der Waals surface area (Å²) < 4.78 is 0. The Bertz CT molecular complexity index is 370. The van der Waals surface area contributed by atoms with Crippen LogP contribution in [0.15, 0.2) is 11.6 Å². The van der Waals surface area contributed by atoms with Crippen molar-refractivity contribution >= 4 is 11.3 Å². The molecule has 1 atom stereocenters. The zero-order chi connectivity index (χ0) is 12.4. The summed E-state index contributed by atoms with van der Waals surface area (Å²) in [6.45, 7) is 5.69. The predicted molar refractivity (Wildman–Crippen MR) is 75.8 cm³/mol. The molecule has 3 rings (SSSR count). The first-order valence-electron chi connectivity index (χ1n) is 7.15. The molecule has 4 heteroatoms. The lowest BCUT2D eigenvalue weighted by atomic mass is 9.79. The second kappa shape index (κ2) is 5.27. The molecule has 1 aromatic heterocycles. The topological polar surface area (TPSA) is 28.2 Å². The van der Waals surface area contributed by atoms with Gasteiger partial charge < -0.3 is 5.32 Å². The number of hydrogen-bond acceptors (Lipinski definition) is 4. The molecule has 18 heavy (non-hydrogen) atoms. The number of thiazole rings is 1. The van der Waals surface area contributed by atoms with Crippen molar-refractivity contribution in [3.05, 3.63) is 16.6 Å². The lowest BCUT2D eigenvalue weighted by Gasteiger charge is -2.48. The molecule has 0 amide bonds. The zero-order valence-corrected chi connectivity index (χ0v) is 12.0. The van der Waals surface area contributed by atoms with Gasteiger partial charge in [-0.05, 0) is 19.8 Å². The second-order valence-corrected chi connectivity index (χ2v) is 6.88.